The van der Waals surface area contributed by atoms with E-state index in [4.69, 9.17) is 0 Å². The van der Waals surface area contributed by atoms with Gasteiger partial charge in [0.1, 0.15) is 0 Å². The Morgan fingerprint density at radius 3 is 1.53 bits per heavy atom. The van der Waals surface area contributed by atoms with Gasteiger partial charge in [-0.15, -0.1) is 0 Å². The summed E-state index contributed by atoms with van der Waals surface area (Å²) in [6.07, 6.45) is -10.1. The number of nitrogens with zero attached hydrogens (tertiary/aromatic N) is 1. The second-order valence-electron chi connectivity index (χ2n) is 4.84. The summed E-state index contributed by atoms with van der Waals surface area (Å²) in [6.45, 7) is 4.50. The van der Waals surface area contributed by atoms with Crippen molar-refractivity contribution in [1.29, 1.82) is 0 Å². The fourth-order valence-corrected chi connectivity index (χ4v) is 1.36. The molecule has 0 aromatic carbocycles. The lowest BCUT2D eigenvalue weighted by atomic mass is 9.90. The zero-order valence-corrected chi connectivity index (χ0v) is 9.37. The number of halogens is 6. The highest BCUT2D eigenvalue weighted by Crippen LogP contribution is 2.49. The highest BCUT2D eigenvalue weighted by atomic mass is 19.4. The summed E-state index contributed by atoms with van der Waals surface area (Å²) in [4.78, 5) is 2.89. The Balaban J connectivity index is 3.36. The monoisotopic (exact) mass is 259 g/mol. The van der Waals surface area contributed by atoms with E-state index in [2.05, 4.69) is 4.99 Å². The molecule has 0 saturated heterocycles. The first-order chi connectivity index (χ1) is 7.31. The van der Waals surface area contributed by atoms with E-state index in [9.17, 15) is 26.3 Å². The van der Waals surface area contributed by atoms with Crippen LogP contribution in [0.3, 0.4) is 0 Å². The third kappa shape index (κ3) is 2.19. The van der Waals surface area contributed by atoms with Gasteiger partial charge in [-0.05, 0) is 12.2 Å². The zero-order valence-electron chi connectivity index (χ0n) is 9.37. The molecule has 1 nitrogen and oxygen atoms in total. The second-order valence-corrected chi connectivity index (χ2v) is 4.84. The molecule has 1 rings (SSSR count). The molecule has 0 aromatic rings. The van der Waals surface area contributed by atoms with Gasteiger partial charge in [0.25, 0.3) is 5.54 Å². The molecule has 7 heteroatoms. The molecule has 0 spiro atoms. The predicted octanol–water partition coefficient (Wildman–Crippen LogP) is 3.91. The van der Waals surface area contributed by atoms with Crippen molar-refractivity contribution in [2.75, 3.05) is 0 Å². The van der Waals surface area contributed by atoms with Crippen LogP contribution in [0.4, 0.5) is 26.3 Å². The fourth-order valence-electron chi connectivity index (χ4n) is 1.36. The first-order valence-electron chi connectivity index (χ1n) is 4.74. The van der Waals surface area contributed by atoms with Crippen molar-refractivity contribution in [1.82, 2.24) is 0 Å². The fraction of sp³-hybridized carbons (Fsp3) is 0.700. The van der Waals surface area contributed by atoms with Crippen molar-refractivity contribution >= 4 is 5.71 Å². The van der Waals surface area contributed by atoms with Crippen molar-refractivity contribution in [3.63, 3.8) is 0 Å². The molecule has 0 atom stereocenters. The molecular formula is C10H11F6N. The van der Waals surface area contributed by atoms with Gasteiger partial charge < -0.3 is 0 Å². The minimum atomic E-state index is -5.49. The molecule has 0 bridgehead atoms. The standard InChI is InChI=1S/C10H11F6N/c1-7(2,3)6-4-5-8(17-6,9(11,12)13)10(14,15)16/h4-5H,1-3H3. The van der Waals surface area contributed by atoms with E-state index in [1.165, 1.54) is 20.8 Å². The summed E-state index contributed by atoms with van der Waals surface area (Å²) in [5, 5.41) is 0. The molecule has 98 valence electrons. The highest BCUT2D eigenvalue weighted by Gasteiger charge is 2.71. The van der Waals surface area contributed by atoms with E-state index in [1.54, 1.807) is 0 Å². The van der Waals surface area contributed by atoms with Crippen LogP contribution < -0.4 is 0 Å². The Morgan fingerprint density at radius 1 is 0.941 bits per heavy atom. The van der Waals surface area contributed by atoms with Crippen LogP contribution in [0.1, 0.15) is 20.8 Å². The first kappa shape index (κ1) is 14.1. The highest BCUT2D eigenvalue weighted by molar-refractivity contribution is 6.01. The van der Waals surface area contributed by atoms with E-state index < -0.39 is 23.3 Å². The van der Waals surface area contributed by atoms with E-state index in [0.29, 0.717) is 0 Å². The lowest BCUT2D eigenvalue weighted by Crippen LogP contribution is -2.53. The number of allylic oxidation sites excluding steroid dienone is 1. The van der Waals surface area contributed by atoms with Crippen molar-refractivity contribution in [2.45, 2.75) is 38.7 Å². The van der Waals surface area contributed by atoms with Gasteiger partial charge in [-0.2, -0.15) is 26.3 Å². The second kappa shape index (κ2) is 3.49. The maximum absolute atomic E-state index is 12.6. The smallest absolute Gasteiger partial charge is 0.260 e. The number of rotatable bonds is 0. The lowest BCUT2D eigenvalue weighted by molar-refractivity contribution is -0.277. The molecule has 0 unspecified atom stereocenters. The Labute approximate surface area is 94.2 Å². The van der Waals surface area contributed by atoms with Crippen LogP contribution in [-0.4, -0.2) is 23.6 Å². The summed E-state index contributed by atoms with van der Waals surface area (Å²) in [5.41, 5.74) is -5.18. The van der Waals surface area contributed by atoms with Gasteiger partial charge in [0, 0.05) is 11.1 Å². The van der Waals surface area contributed by atoms with Gasteiger partial charge in [-0.3, -0.25) is 4.99 Å². The van der Waals surface area contributed by atoms with Gasteiger partial charge in [-0.25, -0.2) is 0 Å². The third-order valence-electron chi connectivity index (χ3n) is 2.41. The van der Waals surface area contributed by atoms with Crippen LogP contribution >= 0.6 is 0 Å². The normalized spacial score (nSPS) is 20.6. The quantitative estimate of drug-likeness (QED) is 0.585. The van der Waals surface area contributed by atoms with Crippen LogP contribution in [0.5, 0.6) is 0 Å². The molecule has 1 heterocycles. The van der Waals surface area contributed by atoms with E-state index in [1.807, 2.05) is 0 Å². The molecule has 0 aromatic heterocycles. The van der Waals surface area contributed by atoms with E-state index in [-0.39, 0.29) is 11.8 Å². The Bertz CT molecular complexity index is 352. The SMILES string of the molecule is CC(C)(C)C1=NC(C(F)(F)F)(C(F)(F)F)C=C1. The molecular weight excluding hydrogens is 248 g/mol. The molecule has 0 aliphatic carbocycles. The van der Waals surface area contributed by atoms with Crippen molar-refractivity contribution in [2.24, 2.45) is 10.4 Å². The van der Waals surface area contributed by atoms with Gasteiger partial charge >= 0.3 is 12.4 Å². The average Bonchev–Trinajstić information content (AvgIpc) is 2.43. The van der Waals surface area contributed by atoms with Crippen molar-refractivity contribution < 1.29 is 26.3 Å². The molecule has 0 saturated carbocycles. The van der Waals surface area contributed by atoms with Gasteiger partial charge in [-0.1, -0.05) is 20.8 Å². The first-order valence-corrected chi connectivity index (χ1v) is 4.74. The minimum absolute atomic E-state index is 0.0770. The summed E-state index contributed by atoms with van der Waals surface area (Å²) >= 11 is 0. The molecule has 0 radical (unpaired) electrons. The van der Waals surface area contributed by atoms with Gasteiger partial charge in [0.05, 0.1) is 0 Å². The molecule has 17 heavy (non-hydrogen) atoms. The predicted molar refractivity (Wildman–Crippen MR) is 50.9 cm³/mol. The Kier molecular flexibility index (Phi) is 2.89. The van der Waals surface area contributed by atoms with Crippen LogP contribution in [0.25, 0.3) is 0 Å². The molecule has 1 aliphatic rings. The van der Waals surface area contributed by atoms with Crippen LogP contribution in [0.15, 0.2) is 17.1 Å². The maximum atomic E-state index is 12.6. The van der Waals surface area contributed by atoms with E-state index in [0.717, 1.165) is 6.08 Å². The summed E-state index contributed by atoms with van der Waals surface area (Å²) in [5.74, 6) is 0. The number of aliphatic imine (C=N–C) groups is 1. The van der Waals surface area contributed by atoms with Crippen molar-refractivity contribution in [3.05, 3.63) is 12.2 Å². The van der Waals surface area contributed by atoms with Crippen LogP contribution in [-0.2, 0) is 0 Å². The van der Waals surface area contributed by atoms with E-state index >= 15 is 0 Å². The summed E-state index contributed by atoms with van der Waals surface area (Å²) < 4.78 is 75.6. The molecule has 0 amide bonds. The largest absolute Gasteiger partial charge is 0.426 e. The molecule has 1 aliphatic heterocycles. The molecule has 0 fully saturated rings. The van der Waals surface area contributed by atoms with Gasteiger partial charge in [0.15, 0.2) is 0 Å². The van der Waals surface area contributed by atoms with Crippen LogP contribution in [0, 0.1) is 5.41 Å². The molecule has 0 N–H and O–H groups in total. The number of hydrogen-bond donors (Lipinski definition) is 0. The minimum Gasteiger partial charge on any atom is -0.260 e. The number of hydrogen-bond acceptors (Lipinski definition) is 1. The van der Waals surface area contributed by atoms with Gasteiger partial charge in [0.2, 0.25) is 0 Å². The summed E-state index contributed by atoms with van der Waals surface area (Å²) in [6, 6.07) is 0. The van der Waals surface area contributed by atoms with Crippen molar-refractivity contribution in [3.8, 4) is 0 Å². The Morgan fingerprint density at radius 2 is 1.35 bits per heavy atom. The Hall–Kier alpha value is -1.01. The zero-order chi connectivity index (χ0) is 13.7. The third-order valence-corrected chi connectivity index (χ3v) is 2.41. The lowest BCUT2D eigenvalue weighted by Gasteiger charge is -2.30. The maximum Gasteiger partial charge on any atom is 0.426 e. The summed E-state index contributed by atoms with van der Waals surface area (Å²) in [7, 11) is 0. The topological polar surface area (TPSA) is 12.4 Å². The number of alkyl halides is 6. The van der Waals surface area contributed by atoms with Crippen LogP contribution in [0.2, 0.25) is 0 Å². The average molecular weight is 259 g/mol.